The number of carbonyl (C=O) groups is 9. The maximum atomic E-state index is 14.1. The van der Waals surface area contributed by atoms with Gasteiger partial charge in [0.05, 0.1) is 112 Å². The Morgan fingerprint density at radius 3 is 1.24 bits per heavy atom. The van der Waals surface area contributed by atoms with Crippen molar-refractivity contribution in [2.75, 3.05) is 82.1 Å². The number of alkyl carbamates (subject to hydrolysis) is 4. The Bertz CT molecular complexity index is 6020. The predicted molar refractivity (Wildman–Crippen MR) is 504 cm³/mol. The molecule has 14 atom stereocenters. The second-order valence-corrected chi connectivity index (χ2v) is 38.0. The molecule has 6 aromatic carbocycles. The molecule has 0 bridgehead atoms. The van der Waals surface area contributed by atoms with Crippen molar-refractivity contribution in [1.82, 2.24) is 80.7 Å². The zero-order chi connectivity index (χ0) is 96.2. The first-order chi connectivity index (χ1) is 64.0. The smallest absolute Gasteiger partial charge is 0.410 e. The number of nitrogens with zero attached hydrogens (tertiary/aromatic N) is 8. The normalized spacial score (nSPS) is 20.2. The van der Waals surface area contributed by atoms with Crippen molar-refractivity contribution in [2.45, 2.75) is 196 Å². The van der Waals surface area contributed by atoms with Crippen LogP contribution < -0.4 is 30.7 Å². The highest BCUT2D eigenvalue weighted by molar-refractivity contribution is 6.08. The first-order valence-corrected chi connectivity index (χ1v) is 46.1. The van der Waals surface area contributed by atoms with Crippen molar-refractivity contribution >= 4 is 97.8 Å². The number of nitrogens with one attached hydrogen (secondary N) is 8. The van der Waals surface area contributed by atoms with Crippen LogP contribution in [0.15, 0.2) is 97.3 Å². The van der Waals surface area contributed by atoms with Gasteiger partial charge in [-0.05, 0) is 175 Å². The van der Waals surface area contributed by atoms with E-state index < -0.39 is 60.1 Å². The molecule has 6 aliphatic heterocycles. The van der Waals surface area contributed by atoms with E-state index in [0.717, 1.165) is 155 Å². The van der Waals surface area contributed by atoms with Gasteiger partial charge in [0.1, 0.15) is 77.8 Å². The summed E-state index contributed by atoms with van der Waals surface area (Å²) in [6.07, 6.45) is 5.01. The van der Waals surface area contributed by atoms with Crippen LogP contribution in [-0.2, 0) is 65.5 Å². The number of methoxy groups -OCH3 is 6. The molecule has 10 aromatic rings. The number of aliphatic carboxylic acids is 1. The number of rotatable bonds is 24. The number of fused-ring (bicyclic) bond motifs is 12. The molecule has 35 nitrogen and oxygen atoms in total. The molecule has 4 saturated heterocycles. The topological polar surface area (TPSA) is 433 Å². The quantitative estimate of drug-likeness (QED) is 0.0254. The van der Waals surface area contributed by atoms with Gasteiger partial charge < -0.3 is 104 Å². The zero-order valence-electron chi connectivity index (χ0n) is 79.7. The van der Waals surface area contributed by atoms with Gasteiger partial charge in [-0.1, -0.05) is 118 Å². The van der Waals surface area contributed by atoms with Crippen LogP contribution in [0, 0.1) is 47.3 Å². The summed E-state index contributed by atoms with van der Waals surface area (Å²) in [4.78, 5) is 154. The van der Waals surface area contributed by atoms with Crippen molar-refractivity contribution in [2.24, 2.45) is 47.3 Å². The van der Waals surface area contributed by atoms with Crippen molar-refractivity contribution in [3.05, 3.63) is 132 Å². The molecule has 718 valence electrons. The molecular formula is C99H128N16O19. The monoisotopic (exact) mass is 1840 g/mol. The number of aromatic nitrogens is 8. The summed E-state index contributed by atoms with van der Waals surface area (Å²) >= 11 is 0. The fraction of sp³-hybridized carbons (Fsp3) is 0.505. The predicted octanol–water partition coefficient (Wildman–Crippen LogP) is 16.3. The summed E-state index contributed by atoms with van der Waals surface area (Å²) in [7, 11) is 8.42. The molecule has 8 amide bonds. The fourth-order valence-corrected chi connectivity index (χ4v) is 19.2. The van der Waals surface area contributed by atoms with Crippen LogP contribution in [0.3, 0.4) is 0 Å². The molecule has 6 aliphatic rings. The Balaban J connectivity index is 0.000000203. The highest BCUT2D eigenvalue weighted by Gasteiger charge is 2.46. The van der Waals surface area contributed by atoms with Gasteiger partial charge >= 0.3 is 36.4 Å². The molecule has 134 heavy (non-hydrogen) atoms. The van der Waals surface area contributed by atoms with Crippen LogP contribution in [0.1, 0.15) is 189 Å². The van der Waals surface area contributed by atoms with Gasteiger partial charge in [0.15, 0.2) is 0 Å². The van der Waals surface area contributed by atoms with Crippen molar-refractivity contribution in [3.63, 3.8) is 0 Å². The van der Waals surface area contributed by atoms with E-state index in [-0.39, 0.29) is 96.8 Å². The fourth-order valence-electron chi connectivity index (χ4n) is 19.2. The number of ether oxygens (including phenoxy) is 9. The third-order valence-electron chi connectivity index (χ3n) is 26.5. The Hall–Kier alpha value is -13.1. The maximum absolute atomic E-state index is 14.1. The highest BCUT2D eigenvalue weighted by atomic mass is 16.6. The van der Waals surface area contributed by atoms with Gasteiger partial charge in [-0.3, -0.25) is 19.3 Å². The van der Waals surface area contributed by atoms with E-state index in [1.807, 2.05) is 102 Å². The lowest BCUT2D eigenvalue weighted by Crippen LogP contribution is -2.51. The van der Waals surface area contributed by atoms with Gasteiger partial charge in [-0.25, -0.2) is 48.7 Å². The second kappa shape index (κ2) is 41.2. The molecule has 2 unspecified atom stereocenters. The van der Waals surface area contributed by atoms with Gasteiger partial charge in [0.25, 0.3) is 0 Å². The summed E-state index contributed by atoms with van der Waals surface area (Å²) < 4.78 is 48.5. The number of hydrogen-bond acceptors (Lipinski definition) is 22. The summed E-state index contributed by atoms with van der Waals surface area (Å²) in [5.74, 6) is 3.17. The number of carboxylic acid groups (broad SMARTS) is 1. The molecule has 4 fully saturated rings. The van der Waals surface area contributed by atoms with Crippen LogP contribution in [0.4, 0.5) is 24.0 Å². The van der Waals surface area contributed by atoms with Gasteiger partial charge in [0, 0.05) is 75.6 Å². The molecule has 0 radical (unpaired) electrons. The zero-order valence-corrected chi connectivity index (χ0v) is 79.7. The minimum absolute atomic E-state index is 0. The van der Waals surface area contributed by atoms with Crippen LogP contribution in [0.2, 0.25) is 0 Å². The number of benzene rings is 6. The molecule has 10 heterocycles. The van der Waals surface area contributed by atoms with Gasteiger partial charge in [0.2, 0.25) is 17.7 Å². The van der Waals surface area contributed by atoms with Crippen LogP contribution >= 0.6 is 0 Å². The minimum atomic E-state index is -1.06. The molecule has 9 N–H and O–H groups in total. The van der Waals surface area contributed by atoms with E-state index in [4.69, 9.17) is 62.9 Å². The second-order valence-electron chi connectivity index (χ2n) is 38.0. The van der Waals surface area contributed by atoms with E-state index in [1.54, 1.807) is 33.0 Å². The van der Waals surface area contributed by atoms with Crippen LogP contribution in [0.25, 0.3) is 88.4 Å². The summed E-state index contributed by atoms with van der Waals surface area (Å²) in [6, 6.07) is 25.2. The van der Waals surface area contributed by atoms with E-state index >= 15 is 0 Å². The average molecular weight is 1850 g/mol. The molecule has 0 saturated carbocycles. The first kappa shape index (κ1) is 97.0. The number of H-pyrrole nitrogens is 4. The third kappa shape index (κ3) is 20.8. The van der Waals surface area contributed by atoms with E-state index in [0.29, 0.717) is 70.7 Å². The van der Waals surface area contributed by atoms with Crippen LogP contribution in [-0.4, -0.2) is 231 Å². The Morgan fingerprint density at radius 1 is 0.470 bits per heavy atom. The van der Waals surface area contributed by atoms with Gasteiger partial charge in [-0.2, -0.15) is 0 Å². The lowest BCUT2D eigenvalue weighted by molar-refractivity contribution is -0.140. The number of imidazole rings is 4. The molecule has 16 rings (SSSR count). The summed E-state index contributed by atoms with van der Waals surface area (Å²) in [6.45, 7) is 29.0. The SMILES string of the molecule is CC[C@H](C)[C@H](NC(=O)OC)C(=O)N1C[C@@H](C)CC1c1ncc(-c2ccc3c(c2)COc2cc4c(ccc5[nH]c([C@@H]6C[C@H](COC)CN6C(=O)OC(C)(C)C)nc54)cc2-3)[nH]1.CC[C@H](C)[C@H](NC(=O)OC)C(=O)N1C[C@@H](C)CC1c1ncc(-c2ccc3c(c2)COc2cc4c(ccc5[nH]c([C@@H]6C[C@H](COC)CN6C(=O)[C@@H](NC(=O)OC)C(C)C)nc54)cc2-3)[nH]1.COC(=O)N[C@H](C(=O)O)C(C)C.[HH]. The summed E-state index contributed by atoms with van der Waals surface area (Å²) in [5.41, 5.74) is 12.6. The number of carboxylic acids is 1. The van der Waals surface area contributed by atoms with Crippen LogP contribution in [0.5, 0.6) is 11.5 Å². The first-order valence-electron chi connectivity index (χ1n) is 46.1. The molecular weight excluding hydrogens is 1720 g/mol. The summed E-state index contributed by atoms with van der Waals surface area (Å²) in [5, 5.41) is 23.0. The van der Waals surface area contributed by atoms with Crippen molar-refractivity contribution in [3.8, 4) is 56.3 Å². The molecule has 0 aliphatic carbocycles. The van der Waals surface area contributed by atoms with Crippen molar-refractivity contribution in [1.29, 1.82) is 0 Å². The standard InChI is InChI=1S/C47H58N8O8.C45H55N7O7.C7H13NO4.H2/c1-9-26(5)40(53-47(59)62-8)45(57)54-20-25(4)14-36(54)42-48-19-35(50-42)29-10-12-31-30(16-29)23-63-38-18-32-28(17-33(31)38)11-13-34-41(32)51-43(49-34)37-15-27(22-60-6)21-55(37)44(56)39(24(2)3)52-46(58)61-7;1-9-25(3)38(50-43(54)57-8)42(53)51-20-24(2)14-35(51)40-46-19-34(48-40)28-10-12-30-29(16-28)23-58-37-18-31-27(17-32(30)37)11-13-33-39(31)49-41(47-33)36-15-26(22-56-7)21-52(36)44(55)59-45(4,5)6;1-4(2)5(6(9)10)8-7(11)12-3;/h10-13,16-19,24-27,36-37,39-40H,9,14-15,20-23H2,1-8H3,(H,48,50)(H,49,51)(H,52,58)(H,53,59);10-13,16-19,24-26,35-36,38H,9,14-15,20-23H2,1-8H3,(H,46,48)(H,47,49)(H,50,54);4-5H,1-3H3,(H,8,11)(H,9,10);1H/t25-,26-,27-,36?,37-,39-,40-;24-,25-,26-,35?,36-,38-;5-;/m000./s1. The Morgan fingerprint density at radius 2 is 0.851 bits per heavy atom. The number of hydrogen-bond donors (Lipinski definition) is 9. The lowest BCUT2D eigenvalue weighted by atomic mass is 9.92. The Kier molecular flexibility index (Phi) is 29.8. The molecule has 4 aromatic heterocycles. The number of carbonyl (C=O) groups excluding carboxylic acids is 8. The maximum Gasteiger partial charge on any atom is 0.410 e. The lowest BCUT2D eigenvalue weighted by Gasteiger charge is -2.30. The van der Waals surface area contributed by atoms with E-state index in [1.165, 1.54) is 28.4 Å². The Labute approximate surface area is 780 Å². The molecule has 35 heteroatoms. The molecule has 0 spiro atoms. The van der Waals surface area contributed by atoms with E-state index in [2.05, 4.69) is 133 Å². The third-order valence-corrected chi connectivity index (χ3v) is 26.5. The average Bonchev–Trinajstić information content (AvgIpc) is 1.71. The highest BCUT2D eigenvalue weighted by Crippen LogP contribution is 2.48. The van der Waals surface area contributed by atoms with Crippen molar-refractivity contribution < 1.29 is 92.3 Å². The number of likely N-dealkylation sites (tertiary alicyclic amines) is 4. The minimum Gasteiger partial charge on any atom is -0.488 e. The number of amides is 8. The van der Waals surface area contributed by atoms with E-state index in [9.17, 15) is 43.2 Å². The van der Waals surface area contributed by atoms with Gasteiger partial charge in [-0.15, -0.1) is 0 Å². The number of aromatic amines is 4. The largest absolute Gasteiger partial charge is 0.488 e.